The Morgan fingerprint density at radius 3 is 2.84 bits per heavy atom. The van der Waals surface area contributed by atoms with E-state index in [1.807, 2.05) is 13.0 Å². The monoisotopic (exact) mass is 262 g/mol. The summed E-state index contributed by atoms with van der Waals surface area (Å²) in [5.74, 6) is -1.95. The number of aromatic nitrogens is 1. The van der Waals surface area contributed by atoms with Crippen LogP contribution >= 0.6 is 0 Å². The molecule has 1 aromatic rings. The van der Waals surface area contributed by atoms with Crippen LogP contribution in [0.4, 0.5) is 0 Å². The quantitative estimate of drug-likeness (QED) is 0.862. The molecule has 0 aliphatic heterocycles. The summed E-state index contributed by atoms with van der Waals surface area (Å²) in [4.78, 5) is 27.1. The van der Waals surface area contributed by atoms with Gasteiger partial charge in [0.25, 0.3) is 0 Å². The number of rotatable bonds is 4. The number of pyridine rings is 1. The molecule has 2 N–H and O–H groups in total. The lowest BCUT2D eigenvalue weighted by atomic mass is 9.95. The number of hydrogen-bond acceptors (Lipinski definition) is 3. The first kappa shape index (κ1) is 13.5. The van der Waals surface area contributed by atoms with E-state index in [4.69, 9.17) is 5.11 Å². The molecule has 0 spiro atoms. The molecule has 1 saturated carbocycles. The van der Waals surface area contributed by atoms with E-state index in [1.54, 1.807) is 12.4 Å². The summed E-state index contributed by atoms with van der Waals surface area (Å²) in [6, 6.07) is 1.89. The van der Waals surface area contributed by atoms with Crippen LogP contribution in [0, 0.1) is 18.8 Å². The van der Waals surface area contributed by atoms with Crippen LogP contribution in [0.25, 0.3) is 0 Å². The van der Waals surface area contributed by atoms with E-state index in [1.165, 1.54) is 0 Å². The molecule has 1 amide bonds. The Bertz CT molecular complexity index is 487. The number of nitrogens with one attached hydrogen (secondary N) is 1. The summed E-state index contributed by atoms with van der Waals surface area (Å²) < 4.78 is 0. The fourth-order valence-electron chi connectivity index (χ4n) is 2.56. The minimum atomic E-state index is -0.866. The second-order valence-electron chi connectivity index (χ2n) is 5.00. The summed E-state index contributed by atoms with van der Waals surface area (Å²) in [5, 5.41) is 11.9. The van der Waals surface area contributed by atoms with Crippen molar-refractivity contribution in [3.05, 3.63) is 29.6 Å². The number of hydrogen-bond donors (Lipinski definition) is 2. The molecule has 0 saturated heterocycles. The van der Waals surface area contributed by atoms with Crippen molar-refractivity contribution >= 4 is 11.9 Å². The molecule has 2 rings (SSSR count). The molecule has 0 bridgehead atoms. The second-order valence-corrected chi connectivity index (χ2v) is 5.00. The molecular weight excluding hydrogens is 244 g/mol. The van der Waals surface area contributed by atoms with Gasteiger partial charge in [0, 0.05) is 18.9 Å². The third-order valence-electron chi connectivity index (χ3n) is 3.77. The Kier molecular flexibility index (Phi) is 4.14. The number of carbonyl (C=O) groups is 2. The van der Waals surface area contributed by atoms with Crippen molar-refractivity contribution in [2.24, 2.45) is 11.8 Å². The summed E-state index contributed by atoms with van der Waals surface area (Å²) in [7, 11) is 0. The van der Waals surface area contributed by atoms with Gasteiger partial charge in [0.2, 0.25) is 5.91 Å². The lowest BCUT2D eigenvalue weighted by Crippen LogP contribution is -2.35. The average Bonchev–Trinajstić information content (AvgIpc) is 2.87. The summed E-state index contributed by atoms with van der Waals surface area (Å²) in [5.41, 5.74) is 2.03. The van der Waals surface area contributed by atoms with Gasteiger partial charge in [-0.05, 0) is 37.0 Å². The van der Waals surface area contributed by atoms with Gasteiger partial charge >= 0.3 is 5.97 Å². The Morgan fingerprint density at radius 1 is 1.42 bits per heavy atom. The lowest BCUT2D eigenvalue weighted by molar-refractivity contribution is -0.146. The van der Waals surface area contributed by atoms with Crippen LogP contribution in [0.5, 0.6) is 0 Å². The van der Waals surface area contributed by atoms with Gasteiger partial charge in [-0.2, -0.15) is 0 Å². The van der Waals surface area contributed by atoms with Gasteiger partial charge in [0.15, 0.2) is 0 Å². The fraction of sp³-hybridized carbons (Fsp3) is 0.500. The summed E-state index contributed by atoms with van der Waals surface area (Å²) >= 11 is 0. The lowest BCUT2D eigenvalue weighted by Gasteiger charge is -2.16. The second kappa shape index (κ2) is 5.82. The zero-order valence-electron chi connectivity index (χ0n) is 10.9. The van der Waals surface area contributed by atoms with Crippen molar-refractivity contribution in [1.29, 1.82) is 0 Å². The van der Waals surface area contributed by atoms with E-state index < -0.39 is 17.8 Å². The van der Waals surface area contributed by atoms with Gasteiger partial charge < -0.3 is 10.4 Å². The van der Waals surface area contributed by atoms with E-state index in [2.05, 4.69) is 10.3 Å². The van der Waals surface area contributed by atoms with Crippen LogP contribution in [0.3, 0.4) is 0 Å². The number of carboxylic acids is 1. The van der Waals surface area contributed by atoms with Crippen LogP contribution in [0.15, 0.2) is 18.5 Å². The van der Waals surface area contributed by atoms with Crippen molar-refractivity contribution < 1.29 is 14.7 Å². The maximum atomic E-state index is 12.0. The first-order valence-corrected chi connectivity index (χ1v) is 6.49. The maximum absolute atomic E-state index is 12.0. The molecule has 1 aromatic heterocycles. The fourth-order valence-corrected chi connectivity index (χ4v) is 2.56. The van der Waals surface area contributed by atoms with Gasteiger partial charge in [-0.25, -0.2) is 0 Å². The maximum Gasteiger partial charge on any atom is 0.307 e. The Labute approximate surface area is 112 Å². The molecule has 102 valence electrons. The van der Waals surface area contributed by atoms with Crippen molar-refractivity contribution in [3.63, 3.8) is 0 Å². The standard InChI is InChI=1S/C14H18N2O3/c1-9-5-6-15-7-10(9)8-16-13(17)11-3-2-4-12(11)14(18)19/h5-7,11-12H,2-4,8H2,1H3,(H,16,17)(H,18,19). The van der Waals surface area contributed by atoms with E-state index in [-0.39, 0.29) is 5.91 Å². The molecule has 5 heteroatoms. The zero-order chi connectivity index (χ0) is 13.8. The molecule has 1 aliphatic rings. The number of nitrogens with zero attached hydrogens (tertiary/aromatic N) is 1. The topological polar surface area (TPSA) is 79.3 Å². The van der Waals surface area contributed by atoms with Crippen LogP contribution in [0.1, 0.15) is 30.4 Å². The number of aliphatic carboxylic acids is 1. The highest BCUT2D eigenvalue weighted by molar-refractivity contribution is 5.85. The Balaban J connectivity index is 1.95. The molecule has 2 atom stereocenters. The SMILES string of the molecule is Cc1ccncc1CNC(=O)C1CCCC1C(=O)O. The molecule has 1 aliphatic carbocycles. The molecule has 0 aromatic carbocycles. The molecule has 1 heterocycles. The third kappa shape index (κ3) is 3.10. The molecule has 0 radical (unpaired) electrons. The molecule has 19 heavy (non-hydrogen) atoms. The predicted octanol–water partition coefficient (Wildman–Crippen LogP) is 1.51. The highest BCUT2D eigenvalue weighted by atomic mass is 16.4. The Morgan fingerprint density at radius 2 is 2.16 bits per heavy atom. The van der Waals surface area contributed by atoms with Gasteiger partial charge in [-0.1, -0.05) is 6.42 Å². The molecule has 2 unspecified atom stereocenters. The van der Waals surface area contributed by atoms with Crippen molar-refractivity contribution in [2.75, 3.05) is 0 Å². The Hall–Kier alpha value is -1.91. The van der Waals surface area contributed by atoms with E-state index in [0.717, 1.165) is 17.5 Å². The number of aryl methyl sites for hydroxylation is 1. The van der Waals surface area contributed by atoms with E-state index in [9.17, 15) is 9.59 Å². The van der Waals surface area contributed by atoms with Gasteiger partial charge in [-0.3, -0.25) is 14.6 Å². The van der Waals surface area contributed by atoms with E-state index in [0.29, 0.717) is 19.4 Å². The van der Waals surface area contributed by atoms with Crippen molar-refractivity contribution in [2.45, 2.75) is 32.7 Å². The van der Waals surface area contributed by atoms with Gasteiger partial charge in [0.05, 0.1) is 11.8 Å². The minimum Gasteiger partial charge on any atom is -0.481 e. The first-order valence-electron chi connectivity index (χ1n) is 6.49. The molecule has 5 nitrogen and oxygen atoms in total. The summed E-state index contributed by atoms with van der Waals surface area (Å²) in [6.07, 6.45) is 5.49. The van der Waals surface area contributed by atoms with E-state index >= 15 is 0 Å². The first-order chi connectivity index (χ1) is 9.09. The number of amides is 1. The molecule has 1 fully saturated rings. The average molecular weight is 262 g/mol. The third-order valence-corrected chi connectivity index (χ3v) is 3.77. The highest BCUT2D eigenvalue weighted by Crippen LogP contribution is 2.32. The summed E-state index contributed by atoms with van der Waals surface area (Å²) in [6.45, 7) is 2.36. The number of carboxylic acid groups (broad SMARTS) is 1. The van der Waals surface area contributed by atoms with Gasteiger partial charge in [0.1, 0.15) is 0 Å². The van der Waals surface area contributed by atoms with Crippen LogP contribution in [-0.2, 0) is 16.1 Å². The van der Waals surface area contributed by atoms with Crippen molar-refractivity contribution in [3.8, 4) is 0 Å². The van der Waals surface area contributed by atoms with Crippen molar-refractivity contribution in [1.82, 2.24) is 10.3 Å². The largest absolute Gasteiger partial charge is 0.481 e. The smallest absolute Gasteiger partial charge is 0.307 e. The normalized spacial score (nSPS) is 22.2. The zero-order valence-corrected chi connectivity index (χ0v) is 10.9. The highest BCUT2D eigenvalue weighted by Gasteiger charge is 2.37. The van der Waals surface area contributed by atoms with Crippen LogP contribution in [-0.4, -0.2) is 22.0 Å². The molecular formula is C14H18N2O3. The number of carbonyl (C=O) groups excluding carboxylic acids is 1. The predicted molar refractivity (Wildman–Crippen MR) is 69.3 cm³/mol. The van der Waals surface area contributed by atoms with Gasteiger partial charge in [-0.15, -0.1) is 0 Å². The minimum absolute atomic E-state index is 0.159. The van der Waals surface area contributed by atoms with Crippen LogP contribution in [0.2, 0.25) is 0 Å². The van der Waals surface area contributed by atoms with Crippen LogP contribution < -0.4 is 5.32 Å².